The molecule has 7 heteroatoms. The molecule has 88 valence electrons. The molecule has 0 saturated carbocycles. The molecular formula is C8H15O6P. The van der Waals surface area contributed by atoms with Gasteiger partial charge in [-0.05, 0) is 13.8 Å². The molecule has 0 fully saturated rings. The Morgan fingerprint density at radius 3 is 2.40 bits per heavy atom. The van der Waals surface area contributed by atoms with E-state index in [1.807, 2.05) is 0 Å². The Bertz CT molecular complexity index is 292. The second-order valence-electron chi connectivity index (χ2n) is 2.81. The van der Waals surface area contributed by atoms with Crippen molar-refractivity contribution < 1.29 is 28.4 Å². The molecule has 0 bridgehead atoms. The van der Waals surface area contributed by atoms with Crippen molar-refractivity contribution in [3.05, 3.63) is 11.6 Å². The summed E-state index contributed by atoms with van der Waals surface area (Å²) in [5.41, 5.74) is 0.350. The Labute approximate surface area is 88.1 Å². The highest BCUT2D eigenvalue weighted by molar-refractivity contribution is 7.46. The van der Waals surface area contributed by atoms with Crippen LogP contribution in [0.5, 0.6) is 0 Å². The summed E-state index contributed by atoms with van der Waals surface area (Å²) in [6.45, 7) is 4.77. The standard InChI is InChI=1S/C8H15O6P/c1-4-6(3)8(9)13-7(5-2)14-15(10,11)12/h4,7H,5H2,1-3H3,(H2,10,11,12). The highest BCUT2D eigenvalue weighted by Gasteiger charge is 2.24. The van der Waals surface area contributed by atoms with Gasteiger partial charge in [0.1, 0.15) is 0 Å². The minimum absolute atomic E-state index is 0.161. The molecule has 0 aromatic heterocycles. The summed E-state index contributed by atoms with van der Waals surface area (Å²) in [5, 5.41) is 0. The van der Waals surface area contributed by atoms with Crippen molar-refractivity contribution in [1.82, 2.24) is 0 Å². The minimum Gasteiger partial charge on any atom is -0.432 e. The number of allylic oxidation sites excluding steroid dienone is 1. The quantitative estimate of drug-likeness (QED) is 0.325. The highest BCUT2D eigenvalue weighted by Crippen LogP contribution is 2.38. The van der Waals surface area contributed by atoms with Crippen LogP contribution in [0.4, 0.5) is 0 Å². The smallest absolute Gasteiger partial charge is 0.432 e. The van der Waals surface area contributed by atoms with Crippen molar-refractivity contribution in [3.63, 3.8) is 0 Å². The van der Waals surface area contributed by atoms with Crippen molar-refractivity contribution in [2.75, 3.05) is 0 Å². The number of phosphoric acid groups is 1. The fourth-order valence-electron chi connectivity index (χ4n) is 0.663. The van der Waals surface area contributed by atoms with Crippen LogP contribution < -0.4 is 0 Å². The molecular weight excluding hydrogens is 223 g/mol. The van der Waals surface area contributed by atoms with E-state index in [4.69, 9.17) is 14.5 Å². The third-order valence-electron chi connectivity index (χ3n) is 1.58. The normalized spacial score (nSPS) is 14.9. The SMILES string of the molecule is CC=C(C)C(=O)OC(CC)OP(=O)(O)O. The van der Waals surface area contributed by atoms with Crippen molar-refractivity contribution >= 4 is 13.8 Å². The molecule has 0 aromatic rings. The summed E-state index contributed by atoms with van der Waals surface area (Å²) in [6, 6.07) is 0. The van der Waals surface area contributed by atoms with Gasteiger partial charge in [-0.15, -0.1) is 0 Å². The number of esters is 1. The summed E-state index contributed by atoms with van der Waals surface area (Å²) in [4.78, 5) is 28.2. The van der Waals surface area contributed by atoms with E-state index in [9.17, 15) is 9.36 Å². The topological polar surface area (TPSA) is 93.1 Å². The van der Waals surface area contributed by atoms with Crippen LogP contribution >= 0.6 is 7.82 Å². The van der Waals surface area contributed by atoms with Gasteiger partial charge in [0.2, 0.25) is 6.29 Å². The van der Waals surface area contributed by atoms with Gasteiger partial charge < -0.3 is 14.5 Å². The molecule has 1 atom stereocenters. The van der Waals surface area contributed by atoms with Gasteiger partial charge in [0, 0.05) is 12.0 Å². The fraction of sp³-hybridized carbons (Fsp3) is 0.625. The number of ether oxygens (including phenoxy) is 1. The lowest BCUT2D eigenvalue weighted by atomic mass is 10.3. The average Bonchev–Trinajstić information content (AvgIpc) is 2.13. The number of hydrogen-bond donors (Lipinski definition) is 2. The van der Waals surface area contributed by atoms with E-state index in [1.54, 1.807) is 13.8 Å². The lowest BCUT2D eigenvalue weighted by Gasteiger charge is -2.16. The van der Waals surface area contributed by atoms with Crippen molar-refractivity contribution in [3.8, 4) is 0 Å². The number of carbonyl (C=O) groups is 1. The van der Waals surface area contributed by atoms with Gasteiger partial charge in [-0.1, -0.05) is 13.0 Å². The van der Waals surface area contributed by atoms with Crippen LogP contribution in [0.1, 0.15) is 27.2 Å². The molecule has 2 N–H and O–H groups in total. The summed E-state index contributed by atoms with van der Waals surface area (Å²) in [7, 11) is -4.63. The first kappa shape index (κ1) is 14.3. The second-order valence-corrected chi connectivity index (χ2v) is 4.00. The van der Waals surface area contributed by atoms with E-state index in [-0.39, 0.29) is 6.42 Å². The van der Waals surface area contributed by atoms with E-state index in [1.165, 1.54) is 13.0 Å². The molecule has 0 aromatic carbocycles. The first-order valence-electron chi connectivity index (χ1n) is 4.38. The Morgan fingerprint density at radius 2 is 2.07 bits per heavy atom. The Balaban J connectivity index is 4.35. The average molecular weight is 238 g/mol. The van der Waals surface area contributed by atoms with Crippen LogP contribution in [0.2, 0.25) is 0 Å². The highest BCUT2D eigenvalue weighted by atomic mass is 31.2. The van der Waals surface area contributed by atoms with Gasteiger partial charge >= 0.3 is 13.8 Å². The van der Waals surface area contributed by atoms with Crippen molar-refractivity contribution in [2.45, 2.75) is 33.5 Å². The maximum absolute atomic E-state index is 11.2. The molecule has 0 aliphatic rings. The number of phosphoric ester groups is 1. The number of carbonyl (C=O) groups excluding carboxylic acids is 1. The lowest BCUT2D eigenvalue weighted by molar-refractivity contribution is -0.160. The third-order valence-corrected chi connectivity index (χ3v) is 2.09. The third kappa shape index (κ3) is 6.41. The molecule has 0 radical (unpaired) electrons. The zero-order chi connectivity index (χ0) is 12.1. The molecule has 0 aliphatic heterocycles. The van der Waals surface area contributed by atoms with Crippen LogP contribution in [0.15, 0.2) is 11.6 Å². The predicted molar refractivity (Wildman–Crippen MR) is 52.7 cm³/mol. The zero-order valence-electron chi connectivity index (χ0n) is 8.84. The van der Waals surface area contributed by atoms with Crippen LogP contribution in [0, 0.1) is 0 Å². The van der Waals surface area contributed by atoms with Crippen LogP contribution in [0.3, 0.4) is 0 Å². The zero-order valence-corrected chi connectivity index (χ0v) is 9.73. The number of hydrogen-bond acceptors (Lipinski definition) is 4. The Kier molecular flexibility index (Phi) is 5.75. The van der Waals surface area contributed by atoms with E-state index < -0.39 is 20.1 Å². The molecule has 1 unspecified atom stereocenters. The van der Waals surface area contributed by atoms with Gasteiger partial charge in [0.05, 0.1) is 0 Å². The lowest BCUT2D eigenvalue weighted by Crippen LogP contribution is -2.20. The van der Waals surface area contributed by atoms with E-state index in [0.717, 1.165) is 0 Å². The monoisotopic (exact) mass is 238 g/mol. The molecule has 0 rings (SSSR count). The Hall–Kier alpha value is -0.680. The van der Waals surface area contributed by atoms with E-state index in [2.05, 4.69) is 4.52 Å². The molecule has 0 heterocycles. The summed E-state index contributed by atoms with van der Waals surface area (Å²) in [5.74, 6) is -0.655. The van der Waals surface area contributed by atoms with Gasteiger partial charge in [-0.2, -0.15) is 0 Å². The maximum atomic E-state index is 11.2. The van der Waals surface area contributed by atoms with Crippen LogP contribution in [0.25, 0.3) is 0 Å². The molecule has 6 nitrogen and oxygen atoms in total. The molecule has 15 heavy (non-hydrogen) atoms. The largest absolute Gasteiger partial charge is 0.472 e. The fourth-order valence-corrected chi connectivity index (χ4v) is 1.16. The minimum atomic E-state index is -4.63. The van der Waals surface area contributed by atoms with Crippen molar-refractivity contribution in [2.24, 2.45) is 0 Å². The summed E-state index contributed by atoms with van der Waals surface area (Å²) < 4.78 is 19.4. The number of rotatable bonds is 5. The molecule has 0 saturated heterocycles. The second kappa shape index (κ2) is 6.02. The van der Waals surface area contributed by atoms with Gasteiger partial charge in [-0.25, -0.2) is 13.9 Å². The van der Waals surface area contributed by atoms with E-state index in [0.29, 0.717) is 5.57 Å². The first-order chi connectivity index (χ1) is 6.80. The van der Waals surface area contributed by atoms with Gasteiger partial charge in [0.15, 0.2) is 0 Å². The summed E-state index contributed by atoms with van der Waals surface area (Å²) in [6.07, 6.45) is 0.466. The van der Waals surface area contributed by atoms with E-state index >= 15 is 0 Å². The van der Waals surface area contributed by atoms with Crippen LogP contribution in [-0.2, 0) is 18.6 Å². The molecule has 0 spiro atoms. The Morgan fingerprint density at radius 1 is 1.53 bits per heavy atom. The maximum Gasteiger partial charge on any atom is 0.472 e. The molecule has 0 aliphatic carbocycles. The predicted octanol–water partition coefficient (Wildman–Crippen LogP) is 1.34. The van der Waals surface area contributed by atoms with Gasteiger partial charge in [-0.3, -0.25) is 0 Å². The van der Waals surface area contributed by atoms with Crippen molar-refractivity contribution in [1.29, 1.82) is 0 Å². The molecule has 0 amide bonds. The summed E-state index contributed by atoms with van der Waals surface area (Å²) >= 11 is 0. The van der Waals surface area contributed by atoms with Crippen LogP contribution in [-0.4, -0.2) is 22.0 Å². The van der Waals surface area contributed by atoms with Gasteiger partial charge in [0.25, 0.3) is 0 Å². The first-order valence-corrected chi connectivity index (χ1v) is 5.91.